The van der Waals surface area contributed by atoms with Crippen LogP contribution in [0.1, 0.15) is 40.0 Å². The molecule has 160 valence electrons. The number of carbonyl (C=O) groups excluding carboxylic acids is 2. The fourth-order valence-corrected chi connectivity index (χ4v) is 3.22. The van der Waals surface area contributed by atoms with Crippen molar-refractivity contribution in [2.24, 2.45) is 0 Å². The number of amides is 2. The average molecular weight is 407 g/mol. The van der Waals surface area contributed by atoms with E-state index >= 15 is 0 Å². The van der Waals surface area contributed by atoms with Gasteiger partial charge < -0.3 is 23.7 Å². The van der Waals surface area contributed by atoms with Gasteiger partial charge in [-0.2, -0.15) is 0 Å². The van der Waals surface area contributed by atoms with E-state index in [4.69, 9.17) is 23.7 Å². The van der Waals surface area contributed by atoms with E-state index in [0.29, 0.717) is 50.8 Å². The highest BCUT2D eigenvalue weighted by Gasteiger charge is 2.34. The average Bonchev–Trinajstić information content (AvgIpc) is 3.00. The Bertz CT molecular complexity index is 625. The molecule has 1 unspecified atom stereocenters. The van der Waals surface area contributed by atoms with Crippen molar-refractivity contribution in [3.05, 3.63) is 35.4 Å². The van der Waals surface area contributed by atoms with E-state index in [-0.39, 0.29) is 31.3 Å². The molecule has 1 saturated heterocycles. The molecule has 8 heteroatoms. The second kappa shape index (κ2) is 12.0. The minimum absolute atomic E-state index is 0.0823. The maximum Gasteiger partial charge on any atom is 0.261 e. The Kier molecular flexibility index (Phi) is 9.04. The van der Waals surface area contributed by atoms with Crippen molar-refractivity contribution in [1.29, 1.82) is 0 Å². The number of hydrogen-bond donors (Lipinski definition) is 0. The van der Waals surface area contributed by atoms with Gasteiger partial charge in [-0.15, -0.1) is 0 Å². The van der Waals surface area contributed by atoms with Crippen LogP contribution in [0.4, 0.5) is 0 Å². The molecule has 0 aromatic heterocycles. The van der Waals surface area contributed by atoms with Crippen LogP contribution in [0.3, 0.4) is 0 Å². The Morgan fingerprint density at radius 2 is 1.41 bits per heavy atom. The van der Waals surface area contributed by atoms with Crippen LogP contribution in [0, 0.1) is 0 Å². The first-order chi connectivity index (χ1) is 14.3. The van der Waals surface area contributed by atoms with Crippen molar-refractivity contribution in [2.45, 2.75) is 25.6 Å². The lowest BCUT2D eigenvalue weighted by molar-refractivity contribution is -0.169. The molecule has 0 aliphatic carbocycles. The summed E-state index contributed by atoms with van der Waals surface area (Å²) in [6.07, 6.45) is 3.14. The lowest BCUT2D eigenvalue weighted by atomic mass is 10.1. The number of hydrogen-bond acceptors (Lipinski definition) is 7. The summed E-state index contributed by atoms with van der Waals surface area (Å²) in [5.41, 5.74) is 0.912. The normalized spacial score (nSPS) is 19.0. The standard InChI is InChI=1S/C21H29NO7/c23-20-17-5-1-2-6-18(17)21(24)22(20)8-10-25-11-12-26-13-14-27-15-16-29-19-7-3-4-9-28-19/h1-2,5-6,19H,3-4,7-16H2. The van der Waals surface area contributed by atoms with E-state index in [2.05, 4.69) is 0 Å². The molecule has 0 spiro atoms. The maximum absolute atomic E-state index is 12.2. The molecule has 0 bridgehead atoms. The van der Waals surface area contributed by atoms with Crippen LogP contribution in [0.25, 0.3) is 0 Å². The minimum Gasteiger partial charge on any atom is -0.377 e. The number of benzene rings is 1. The minimum atomic E-state index is -0.262. The highest BCUT2D eigenvalue weighted by atomic mass is 16.7. The first-order valence-electron chi connectivity index (χ1n) is 10.2. The predicted octanol–water partition coefficient (Wildman–Crippen LogP) is 1.88. The zero-order valence-electron chi connectivity index (χ0n) is 16.7. The fourth-order valence-electron chi connectivity index (χ4n) is 3.22. The first-order valence-corrected chi connectivity index (χ1v) is 10.2. The van der Waals surface area contributed by atoms with Gasteiger partial charge in [-0.05, 0) is 31.4 Å². The molecule has 8 nitrogen and oxygen atoms in total. The van der Waals surface area contributed by atoms with Crippen LogP contribution in [-0.4, -0.2) is 82.4 Å². The van der Waals surface area contributed by atoms with Crippen molar-refractivity contribution >= 4 is 11.8 Å². The highest BCUT2D eigenvalue weighted by molar-refractivity contribution is 6.21. The third-order valence-corrected chi connectivity index (χ3v) is 4.75. The topological polar surface area (TPSA) is 83.5 Å². The van der Waals surface area contributed by atoms with Crippen LogP contribution in [0.2, 0.25) is 0 Å². The zero-order valence-corrected chi connectivity index (χ0v) is 16.7. The molecule has 2 heterocycles. The Morgan fingerprint density at radius 3 is 2.00 bits per heavy atom. The Balaban J connectivity index is 1.13. The van der Waals surface area contributed by atoms with Gasteiger partial charge in [-0.1, -0.05) is 12.1 Å². The van der Waals surface area contributed by atoms with Gasteiger partial charge in [0.2, 0.25) is 0 Å². The molecule has 2 aliphatic rings. The van der Waals surface area contributed by atoms with E-state index in [1.807, 2.05) is 0 Å². The molecular formula is C21H29NO7. The molecule has 1 aromatic carbocycles. The van der Waals surface area contributed by atoms with Crippen LogP contribution < -0.4 is 0 Å². The number of fused-ring (bicyclic) bond motifs is 1. The summed E-state index contributed by atoms with van der Waals surface area (Å²) >= 11 is 0. The van der Waals surface area contributed by atoms with Gasteiger partial charge in [-0.3, -0.25) is 14.5 Å². The van der Waals surface area contributed by atoms with E-state index in [1.165, 1.54) is 4.90 Å². The molecule has 2 amide bonds. The number of rotatable bonds is 13. The van der Waals surface area contributed by atoms with Crippen molar-refractivity contribution in [3.8, 4) is 0 Å². The molecule has 0 saturated carbocycles. The lowest BCUT2D eigenvalue weighted by Crippen LogP contribution is -2.33. The van der Waals surface area contributed by atoms with Crippen molar-refractivity contribution in [2.75, 3.05) is 59.4 Å². The van der Waals surface area contributed by atoms with Crippen molar-refractivity contribution in [3.63, 3.8) is 0 Å². The van der Waals surface area contributed by atoms with Crippen molar-refractivity contribution in [1.82, 2.24) is 4.90 Å². The Hall–Kier alpha value is -1.84. The summed E-state index contributed by atoms with van der Waals surface area (Å²) in [6, 6.07) is 6.84. The molecule has 29 heavy (non-hydrogen) atoms. The molecule has 1 atom stereocenters. The van der Waals surface area contributed by atoms with Crippen LogP contribution in [-0.2, 0) is 23.7 Å². The van der Waals surface area contributed by atoms with Gasteiger partial charge in [0.05, 0.1) is 63.9 Å². The number of imide groups is 1. The number of ether oxygens (including phenoxy) is 5. The Morgan fingerprint density at radius 1 is 0.828 bits per heavy atom. The van der Waals surface area contributed by atoms with E-state index in [9.17, 15) is 9.59 Å². The summed E-state index contributed by atoms with van der Waals surface area (Å²) < 4.78 is 27.4. The van der Waals surface area contributed by atoms with Crippen LogP contribution in [0.5, 0.6) is 0 Å². The van der Waals surface area contributed by atoms with Gasteiger partial charge in [-0.25, -0.2) is 0 Å². The largest absolute Gasteiger partial charge is 0.377 e. The van der Waals surface area contributed by atoms with Gasteiger partial charge in [0.25, 0.3) is 11.8 Å². The number of carbonyl (C=O) groups is 2. The van der Waals surface area contributed by atoms with Gasteiger partial charge in [0.15, 0.2) is 6.29 Å². The summed E-state index contributed by atoms with van der Waals surface area (Å²) in [7, 11) is 0. The van der Waals surface area contributed by atoms with E-state index in [0.717, 1.165) is 25.9 Å². The quantitative estimate of drug-likeness (QED) is 0.365. The van der Waals surface area contributed by atoms with Crippen LogP contribution >= 0.6 is 0 Å². The zero-order chi connectivity index (χ0) is 20.3. The maximum atomic E-state index is 12.2. The molecule has 3 rings (SSSR count). The second-order valence-corrected chi connectivity index (χ2v) is 6.81. The fraction of sp³-hybridized carbons (Fsp3) is 0.619. The second-order valence-electron chi connectivity index (χ2n) is 6.81. The lowest BCUT2D eigenvalue weighted by Gasteiger charge is -2.22. The smallest absolute Gasteiger partial charge is 0.261 e. The summed E-state index contributed by atoms with van der Waals surface area (Å²) in [6.45, 7) is 4.12. The summed E-state index contributed by atoms with van der Waals surface area (Å²) in [4.78, 5) is 25.6. The van der Waals surface area contributed by atoms with Crippen LogP contribution in [0.15, 0.2) is 24.3 Å². The molecule has 0 N–H and O–H groups in total. The molecular weight excluding hydrogens is 378 g/mol. The third kappa shape index (κ3) is 6.58. The Labute approximate surface area is 171 Å². The first kappa shape index (κ1) is 21.9. The third-order valence-electron chi connectivity index (χ3n) is 4.75. The molecule has 1 aromatic rings. The number of nitrogens with zero attached hydrogens (tertiary/aromatic N) is 1. The summed E-state index contributed by atoms with van der Waals surface area (Å²) in [5.74, 6) is -0.525. The monoisotopic (exact) mass is 407 g/mol. The molecule has 2 aliphatic heterocycles. The van der Waals surface area contributed by atoms with E-state index < -0.39 is 0 Å². The SMILES string of the molecule is O=C1c2ccccc2C(=O)N1CCOCCOCCOCCOC1CCCCO1. The van der Waals surface area contributed by atoms with E-state index in [1.54, 1.807) is 24.3 Å². The molecule has 1 fully saturated rings. The van der Waals surface area contributed by atoms with Gasteiger partial charge >= 0.3 is 0 Å². The van der Waals surface area contributed by atoms with Gasteiger partial charge in [0.1, 0.15) is 0 Å². The van der Waals surface area contributed by atoms with Gasteiger partial charge in [0, 0.05) is 6.61 Å². The predicted molar refractivity (Wildman–Crippen MR) is 104 cm³/mol. The summed E-state index contributed by atoms with van der Waals surface area (Å²) in [5, 5.41) is 0. The highest BCUT2D eigenvalue weighted by Crippen LogP contribution is 2.21. The van der Waals surface area contributed by atoms with Crippen molar-refractivity contribution < 1.29 is 33.3 Å². The molecule has 0 radical (unpaired) electrons.